The smallest absolute Gasteiger partial charge is 0.220 e. The number of carbonyl (C=O) groups excluding carboxylic acids is 1. The second kappa shape index (κ2) is 15.4. The number of hydrogen-bond acceptors (Lipinski definition) is 9. The van der Waals surface area contributed by atoms with Gasteiger partial charge < -0.3 is 41.3 Å². The van der Waals surface area contributed by atoms with E-state index in [9.17, 15) is 4.79 Å². The van der Waals surface area contributed by atoms with E-state index >= 15 is 0 Å². The molecule has 3 heterocycles. The van der Waals surface area contributed by atoms with Gasteiger partial charge in [-0.2, -0.15) is 0 Å². The van der Waals surface area contributed by atoms with Crippen molar-refractivity contribution in [3.05, 3.63) is 60.7 Å². The molecule has 3 aromatic carbocycles. The zero-order chi connectivity index (χ0) is 32.6. The zero-order valence-corrected chi connectivity index (χ0v) is 27.2. The fourth-order valence-electron chi connectivity index (χ4n) is 5.99. The largest absolute Gasteiger partial charge is 0.494 e. The first-order valence-electron chi connectivity index (χ1n) is 16.5. The SMILES string of the molecule is CN1CCN(c2ccc3nc(-c4ccc5nc(-c6cccc(OCCCC(=O)NCCN(CCN)CCN)c6)[nH]c5c4)[nH]c3c2)CC1. The maximum Gasteiger partial charge on any atom is 0.220 e. The molecule has 7 N–H and O–H groups in total. The Hall–Kier alpha value is -4.49. The van der Waals surface area contributed by atoms with Crippen LogP contribution in [0.3, 0.4) is 0 Å². The van der Waals surface area contributed by atoms with Gasteiger partial charge in [0.25, 0.3) is 0 Å². The van der Waals surface area contributed by atoms with Gasteiger partial charge in [-0.25, -0.2) is 9.97 Å². The number of benzene rings is 3. The van der Waals surface area contributed by atoms with Gasteiger partial charge in [-0.1, -0.05) is 12.1 Å². The number of rotatable bonds is 15. The van der Waals surface area contributed by atoms with Crippen LogP contribution in [0.4, 0.5) is 5.69 Å². The van der Waals surface area contributed by atoms with Crippen molar-refractivity contribution < 1.29 is 9.53 Å². The average Bonchev–Trinajstić information content (AvgIpc) is 3.71. The van der Waals surface area contributed by atoms with Gasteiger partial charge in [0.2, 0.25) is 5.91 Å². The highest BCUT2D eigenvalue weighted by Crippen LogP contribution is 2.29. The van der Waals surface area contributed by atoms with Gasteiger partial charge >= 0.3 is 0 Å². The molecule has 0 radical (unpaired) electrons. The summed E-state index contributed by atoms with van der Waals surface area (Å²) in [4.78, 5) is 35.9. The fraction of sp³-hybridized carbons (Fsp3) is 0.400. The van der Waals surface area contributed by atoms with Gasteiger partial charge in [-0.15, -0.1) is 0 Å². The summed E-state index contributed by atoms with van der Waals surface area (Å²) in [5.41, 5.74) is 18.2. The molecule has 1 aliphatic heterocycles. The van der Waals surface area contributed by atoms with Crippen molar-refractivity contribution in [3.8, 4) is 28.5 Å². The Bertz CT molecular complexity index is 1770. The van der Waals surface area contributed by atoms with Crippen LogP contribution in [-0.4, -0.2) is 115 Å². The van der Waals surface area contributed by atoms with Crippen LogP contribution in [0, 0.1) is 0 Å². The highest BCUT2D eigenvalue weighted by molar-refractivity contribution is 5.87. The number of amides is 1. The van der Waals surface area contributed by atoms with Gasteiger partial charge in [-0.3, -0.25) is 9.69 Å². The van der Waals surface area contributed by atoms with Crippen molar-refractivity contribution in [3.63, 3.8) is 0 Å². The number of piperazine rings is 1. The lowest BCUT2D eigenvalue weighted by Crippen LogP contribution is -2.44. The van der Waals surface area contributed by atoms with E-state index in [0.717, 1.165) is 96.4 Å². The van der Waals surface area contributed by atoms with Gasteiger partial charge in [0.15, 0.2) is 0 Å². The van der Waals surface area contributed by atoms with Crippen molar-refractivity contribution in [1.29, 1.82) is 0 Å². The van der Waals surface area contributed by atoms with Crippen molar-refractivity contribution in [1.82, 2.24) is 35.1 Å². The number of ether oxygens (including phenoxy) is 1. The van der Waals surface area contributed by atoms with Gasteiger partial charge in [0, 0.05) is 88.7 Å². The summed E-state index contributed by atoms with van der Waals surface area (Å²) in [7, 11) is 2.17. The topological polar surface area (TPSA) is 157 Å². The molecule has 1 aliphatic rings. The molecule has 0 aliphatic carbocycles. The Morgan fingerprint density at radius 1 is 0.872 bits per heavy atom. The second-order valence-electron chi connectivity index (χ2n) is 12.1. The molecule has 248 valence electrons. The van der Waals surface area contributed by atoms with E-state index < -0.39 is 0 Å². The number of fused-ring (bicyclic) bond motifs is 2. The first kappa shape index (κ1) is 32.5. The monoisotopic (exact) mass is 638 g/mol. The van der Waals surface area contributed by atoms with Crippen LogP contribution in [0.2, 0.25) is 0 Å². The number of hydrogen-bond donors (Lipinski definition) is 5. The Morgan fingerprint density at radius 3 is 2.28 bits per heavy atom. The number of imidazole rings is 2. The fourth-order valence-corrected chi connectivity index (χ4v) is 5.99. The molecule has 0 saturated carbocycles. The van der Waals surface area contributed by atoms with Crippen LogP contribution >= 0.6 is 0 Å². The molecule has 6 rings (SSSR count). The van der Waals surface area contributed by atoms with E-state index in [0.29, 0.717) is 39.1 Å². The van der Waals surface area contributed by atoms with Crippen LogP contribution < -0.4 is 26.4 Å². The van der Waals surface area contributed by atoms with Gasteiger partial charge in [0.1, 0.15) is 17.4 Å². The minimum Gasteiger partial charge on any atom is -0.494 e. The summed E-state index contributed by atoms with van der Waals surface area (Å²) in [6.07, 6.45) is 1.03. The number of carbonyl (C=O) groups is 1. The van der Waals surface area contributed by atoms with Crippen molar-refractivity contribution >= 4 is 33.7 Å². The second-order valence-corrected chi connectivity index (χ2v) is 12.1. The zero-order valence-electron chi connectivity index (χ0n) is 27.2. The number of aromatic amines is 2. The van der Waals surface area contributed by atoms with Crippen LogP contribution in [0.25, 0.3) is 44.8 Å². The molecule has 1 saturated heterocycles. The van der Waals surface area contributed by atoms with E-state index in [-0.39, 0.29) is 5.91 Å². The predicted molar refractivity (Wildman–Crippen MR) is 189 cm³/mol. The van der Waals surface area contributed by atoms with E-state index in [1.165, 1.54) is 5.69 Å². The highest BCUT2D eigenvalue weighted by Gasteiger charge is 2.16. The first-order chi connectivity index (χ1) is 23.0. The minimum atomic E-state index is 0.0162. The molecule has 0 atom stereocenters. The normalized spacial score (nSPS) is 14.0. The van der Waals surface area contributed by atoms with Crippen LogP contribution in [0.5, 0.6) is 5.75 Å². The maximum atomic E-state index is 12.3. The quantitative estimate of drug-likeness (QED) is 0.109. The summed E-state index contributed by atoms with van der Waals surface area (Å²) in [6, 6.07) is 20.5. The van der Waals surface area contributed by atoms with Crippen molar-refractivity contribution in [2.75, 3.05) is 84.0 Å². The third-order valence-corrected chi connectivity index (χ3v) is 8.65. The summed E-state index contributed by atoms with van der Waals surface area (Å²) in [5, 5.41) is 2.97. The van der Waals surface area contributed by atoms with E-state index in [4.69, 9.17) is 26.2 Å². The summed E-state index contributed by atoms with van der Waals surface area (Å²) < 4.78 is 5.98. The highest BCUT2D eigenvalue weighted by atomic mass is 16.5. The minimum absolute atomic E-state index is 0.0162. The third-order valence-electron chi connectivity index (χ3n) is 8.65. The van der Waals surface area contributed by atoms with Crippen molar-refractivity contribution in [2.45, 2.75) is 12.8 Å². The first-order valence-corrected chi connectivity index (χ1v) is 16.5. The molecule has 1 fully saturated rings. The number of nitrogens with one attached hydrogen (secondary N) is 3. The van der Waals surface area contributed by atoms with Crippen LogP contribution in [0.1, 0.15) is 12.8 Å². The molecular weight excluding hydrogens is 592 g/mol. The average molecular weight is 639 g/mol. The number of H-pyrrole nitrogens is 2. The standard InChI is InChI=1S/C35H46N10O2/c1-43-17-19-45(20-18-43)27-8-10-30-32(24-27)42-35(40-30)26-7-9-29-31(23-26)41-34(39-29)25-4-2-5-28(22-25)47-21-3-6-33(46)38-13-16-44(14-11-36)15-12-37/h2,4-5,7-10,22-24H,3,6,11-21,36-37H2,1H3,(H,38,46)(H,39,41)(H,40,42). The number of likely N-dealkylation sites (N-methyl/N-ethyl adjacent to an activating group) is 1. The lowest BCUT2D eigenvalue weighted by atomic mass is 10.2. The van der Waals surface area contributed by atoms with Crippen molar-refractivity contribution in [2.24, 2.45) is 11.5 Å². The number of aromatic nitrogens is 4. The van der Waals surface area contributed by atoms with E-state index in [1.807, 2.05) is 30.3 Å². The third kappa shape index (κ3) is 8.27. The molecule has 12 nitrogen and oxygen atoms in total. The predicted octanol–water partition coefficient (Wildman–Crippen LogP) is 3.02. The summed E-state index contributed by atoms with van der Waals surface area (Å²) >= 11 is 0. The Labute approximate surface area is 275 Å². The number of nitrogens with two attached hydrogens (primary N) is 2. The summed E-state index contributed by atoms with van der Waals surface area (Å²) in [6.45, 7) is 8.67. The number of nitrogens with zero attached hydrogens (tertiary/aromatic N) is 5. The molecule has 1 amide bonds. The lowest BCUT2D eigenvalue weighted by Gasteiger charge is -2.34. The molecule has 0 bridgehead atoms. The van der Waals surface area contributed by atoms with E-state index in [2.05, 4.69) is 67.4 Å². The molecule has 0 unspecified atom stereocenters. The Balaban J connectivity index is 1.04. The van der Waals surface area contributed by atoms with Crippen LogP contribution in [-0.2, 0) is 4.79 Å². The molecule has 47 heavy (non-hydrogen) atoms. The molecule has 2 aromatic heterocycles. The molecule has 5 aromatic rings. The Kier molecular flexibility index (Phi) is 10.6. The molecular formula is C35H46N10O2. The van der Waals surface area contributed by atoms with Gasteiger partial charge in [-0.05, 0) is 62.0 Å². The maximum absolute atomic E-state index is 12.3. The van der Waals surface area contributed by atoms with Crippen LogP contribution in [0.15, 0.2) is 60.7 Å². The molecule has 0 spiro atoms. The molecule has 12 heteroatoms. The Morgan fingerprint density at radius 2 is 1.55 bits per heavy atom. The summed E-state index contributed by atoms with van der Waals surface area (Å²) in [5.74, 6) is 2.35. The van der Waals surface area contributed by atoms with E-state index in [1.54, 1.807) is 0 Å². The van der Waals surface area contributed by atoms with Gasteiger partial charge in [0.05, 0.1) is 28.7 Å². The lowest BCUT2D eigenvalue weighted by molar-refractivity contribution is -0.121. The number of anilines is 1.